The number of amides is 1. The Morgan fingerprint density at radius 1 is 1.21 bits per heavy atom. The SMILES string of the molecule is CNCC(C)C(=O)Nc1ccc(Oc2ccc(Cl)cc2)nc1.Cl.Cl. The Labute approximate surface area is 159 Å². The molecule has 132 valence electrons. The summed E-state index contributed by atoms with van der Waals surface area (Å²) in [6, 6.07) is 10.5. The van der Waals surface area contributed by atoms with Gasteiger partial charge in [0.2, 0.25) is 11.8 Å². The largest absolute Gasteiger partial charge is 0.439 e. The van der Waals surface area contributed by atoms with Gasteiger partial charge in [-0.25, -0.2) is 4.98 Å². The third-order valence-corrected chi connectivity index (χ3v) is 3.25. The van der Waals surface area contributed by atoms with Crippen LogP contribution in [0.4, 0.5) is 5.69 Å². The van der Waals surface area contributed by atoms with Gasteiger partial charge in [0.15, 0.2) is 0 Å². The highest BCUT2D eigenvalue weighted by Gasteiger charge is 2.12. The van der Waals surface area contributed by atoms with Crippen molar-refractivity contribution in [2.75, 3.05) is 18.9 Å². The summed E-state index contributed by atoms with van der Waals surface area (Å²) in [5.74, 6) is 0.928. The molecule has 1 unspecified atom stereocenters. The molecule has 0 spiro atoms. The maximum atomic E-state index is 11.9. The lowest BCUT2D eigenvalue weighted by Crippen LogP contribution is -2.28. The standard InChI is InChI=1S/C16H18ClN3O2.2ClH/c1-11(9-18-2)16(21)20-13-5-8-15(19-10-13)22-14-6-3-12(17)4-7-14;;/h3-8,10-11,18H,9H2,1-2H3,(H,20,21);2*1H. The van der Waals surface area contributed by atoms with Crippen LogP contribution in [0.1, 0.15) is 6.92 Å². The summed E-state index contributed by atoms with van der Waals surface area (Å²) >= 11 is 5.82. The van der Waals surface area contributed by atoms with Crippen molar-refractivity contribution >= 4 is 48.0 Å². The number of carbonyl (C=O) groups is 1. The van der Waals surface area contributed by atoms with Crippen molar-refractivity contribution in [2.24, 2.45) is 5.92 Å². The Balaban J connectivity index is 0.00000264. The molecule has 1 amide bonds. The number of halogens is 3. The van der Waals surface area contributed by atoms with Gasteiger partial charge in [-0.05, 0) is 37.4 Å². The minimum Gasteiger partial charge on any atom is -0.439 e. The Bertz CT molecular complexity index is 621. The average Bonchev–Trinajstić information content (AvgIpc) is 2.51. The minimum absolute atomic E-state index is 0. The maximum Gasteiger partial charge on any atom is 0.228 e. The van der Waals surface area contributed by atoms with Crippen molar-refractivity contribution in [1.29, 1.82) is 0 Å². The summed E-state index contributed by atoms with van der Waals surface area (Å²) in [6.07, 6.45) is 1.56. The molecule has 0 radical (unpaired) electrons. The molecule has 1 heterocycles. The van der Waals surface area contributed by atoms with Crippen LogP contribution in [0.15, 0.2) is 42.6 Å². The fourth-order valence-corrected chi connectivity index (χ4v) is 1.93. The summed E-state index contributed by atoms with van der Waals surface area (Å²) in [4.78, 5) is 16.1. The van der Waals surface area contributed by atoms with Crippen molar-refractivity contribution in [3.63, 3.8) is 0 Å². The number of pyridine rings is 1. The van der Waals surface area contributed by atoms with Crippen LogP contribution in [0.25, 0.3) is 0 Å². The van der Waals surface area contributed by atoms with Crippen molar-refractivity contribution in [3.05, 3.63) is 47.6 Å². The molecule has 0 aliphatic heterocycles. The number of anilines is 1. The van der Waals surface area contributed by atoms with E-state index in [4.69, 9.17) is 16.3 Å². The highest BCUT2D eigenvalue weighted by Crippen LogP contribution is 2.22. The van der Waals surface area contributed by atoms with Gasteiger partial charge in [-0.1, -0.05) is 18.5 Å². The predicted molar refractivity (Wildman–Crippen MR) is 102 cm³/mol. The molecule has 0 aliphatic carbocycles. The third-order valence-electron chi connectivity index (χ3n) is 3.00. The second-order valence-electron chi connectivity index (χ2n) is 4.89. The molecule has 2 rings (SSSR count). The zero-order valence-electron chi connectivity index (χ0n) is 13.3. The van der Waals surface area contributed by atoms with Gasteiger partial charge in [-0.3, -0.25) is 4.79 Å². The smallest absolute Gasteiger partial charge is 0.228 e. The van der Waals surface area contributed by atoms with Gasteiger partial charge < -0.3 is 15.4 Å². The highest BCUT2D eigenvalue weighted by molar-refractivity contribution is 6.30. The average molecular weight is 393 g/mol. The van der Waals surface area contributed by atoms with Crippen LogP contribution < -0.4 is 15.4 Å². The van der Waals surface area contributed by atoms with E-state index in [9.17, 15) is 4.79 Å². The monoisotopic (exact) mass is 391 g/mol. The number of rotatable bonds is 6. The number of carbonyl (C=O) groups excluding carboxylic acids is 1. The molecule has 1 aromatic heterocycles. The molecule has 24 heavy (non-hydrogen) atoms. The van der Waals surface area contributed by atoms with Crippen LogP contribution >= 0.6 is 36.4 Å². The second-order valence-corrected chi connectivity index (χ2v) is 5.33. The Morgan fingerprint density at radius 2 is 1.88 bits per heavy atom. The summed E-state index contributed by atoms with van der Waals surface area (Å²) in [6.45, 7) is 2.48. The summed E-state index contributed by atoms with van der Waals surface area (Å²) in [7, 11) is 1.81. The first-order valence-corrected chi connectivity index (χ1v) is 7.31. The van der Waals surface area contributed by atoms with Crippen LogP contribution in [-0.2, 0) is 4.79 Å². The van der Waals surface area contributed by atoms with E-state index < -0.39 is 0 Å². The molecule has 0 aliphatic rings. The number of hydrogen-bond donors (Lipinski definition) is 2. The Kier molecular flexibility index (Phi) is 10.4. The van der Waals surface area contributed by atoms with Crippen LogP contribution in [0.2, 0.25) is 5.02 Å². The molecule has 0 fully saturated rings. The molecule has 1 atom stereocenters. The molecule has 8 heteroatoms. The molecule has 2 N–H and O–H groups in total. The number of nitrogens with one attached hydrogen (secondary N) is 2. The van der Waals surface area contributed by atoms with Gasteiger partial charge in [0.25, 0.3) is 0 Å². The number of nitrogens with zero attached hydrogens (tertiary/aromatic N) is 1. The van der Waals surface area contributed by atoms with E-state index in [-0.39, 0.29) is 36.6 Å². The van der Waals surface area contributed by atoms with E-state index in [2.05, 4.69) is 15.6 Å². The van der Waals surface area contributed by atoms with Crippen molar-refractivity contribution in [1.82, 2.24) is 10.3 Å². The Morgan fingerprint density at radius 3 is 2.42 bits per heavy atom. The molecule has 2 aromatic rings. The Hall–Kier alpha value is -1.53. The van der Waals surface area contributed by atoms with E-state index >= 15 is 0 Å². The summed E-state index contributed by atoms with van der Waals surface area (Å²) in [5, 5.41) is 6.43. The topological polar surface area (TPSA) is 63.2 Å². The molecular weight excluding hydrogens is 373 g/mol. The van der Waals surface area contributed by atoms with Gasteiger partial charge in [0.05, 0.1) is 11.9 Å². The first kappa shape index (κ1) is 22.5. The second kappa shape index (κ2) is 11.1. The lowest BCUT2D eigenvalue weighted by Gasteiger charge is -2.11. The van der Waals surface area contributed by atoms with Crippen LogP contribution in [-0.4, -0.2) is 24.5 Å². The van der Waals surface area contributed by atoms with E-state index in [0.717, 1.165) is 0 Å². The molecule has 0 bridgehead atoms. The lowest BCUT2D eigenvalue weighted by atomic mass is 10.1. The molecule has 1 aromatic carbocycles. The number of ether oxygens (including phenoxy) is 1. The summed E-state index contributed by atoms with van der Waals surface area (Å²) < 4.78 is 5.59. The van der Waals surface area contributed by atoms with Crippen molar-refractivity contribution < 1.29 is 9.53 Å². The van der Waals surface area contributed by atoms with Gasteiger partial charge >= 0.3 is 0 Å². The van der Waals surface area contributed by atoms with E-state index in [1.54, 1.807) is 42.6 Å². The predicted octanol–water partition coefficient (Wildman–Crippen LogP) is 4.16. The fraction of sp³-hybridized carbons (Fsp3) is 0.250. The first-order chi connectivity index (χ1) is 10.6. The zero-order chi connectivity index (χ0) is 15.9. The molecule has 0 saturated carbocycles. The van der Waals surface area contributed by atoms with E-state index in [0.29, 0.717) is 28.9 Å². The normalized spacial score (nSPS) is 10.8. The first-order valence-electron chi connectivity index (χ1n) is 6.93. The third kappa shape index (κ3) is 6.93. The van der Waals surface area contributed by atoms with Crippen molar-refractivity contribution in [2.45, 2.75) is 6.92 Å². The molecule has 5 nitrogen and oxygen atoms in total. The van der Waals surface area contributed by atoms with Gasteiger partial charge in [0.1, 0.15) is 5.75 Å². The van der Waals surface area contributed by atoms with Crippen molar-refractivity contribution in [3.8, 4) is 11.6 Å². The quantitative estimate of drug-likeness (QED) is 0.774. The van der Waals surface area contributed by atoms with Crippen LogP contribution in [0.5, 0.6) is 11.6 Å². The highest BCUT2D eigenvalue weighted by atomic mass is 35.5. The summed E-state index contributed by atoms with van der Waals surface area (Å²) in [5.41, 5.74) is 0.636. The van der Waals surface area contributed by atoms with Crippen LogP contribution in [0.3, 0.4) is 0 Å². The van der Waals surface area contributed by atoms with Crippen LogP contribution in [0, 0.1) is 5.92 Å². The number of benzene rings is 1. The zero-order valence-corrected chi connectivity index (χ0v) is 15.7. The van der Waals surface area contributed by atoms with Gasteiger partial charge in [0, 0.05) is 23.6 Å². The number of aromatic nitrogens is 1. The molecule has 0 saturated heterocycles. The minimum atomic E-state index is -0.116. The number of hydrogen-bond acceptors (Lipinski definition) is 4. The fourth-order valence-electron chi connectivity index (χ4n) is 1.80. The van der Waals surface area contributed by atoms with E-state index in [1.807, 2.05) is 14.0 Å². The van der Waals surface area contributed by atoms with Gasteiger partial charge in [-0.2, -0.15) is 0 Å². The lowest BCUT2D eigenvalue weighted by molar-refractivity contribution is -0.119. The van der Waals surface area contributed by atoms with E-state index in [1.165, 1.54) is 0 Å². The molecular formula is C16H20Cl3N3O2. The van der Waals surface area contributed by atoms with Gasteiger partial charge in [-0.15, -0.1) is 24.8 Å². The maximum absolute atomic E-state index is 11.9.